The van der Waals surface area contributed by atoms with E-state index in [4.69, 9.17) is 5.73 Å². The first-order valence-electron chi connectivity index (χ1n) is 7.19. The molecule has 0 saturated heterocycles. The van der Waals surface area contributed by atoms with Crippen molar-refractivity contribution in [2.45, 2.75) is 26.8 Å². The molecule has 0 aliphatic heterocycles. The maximum atomic E-state index is 5.83. The molecule has 0 bridgehead atoms. The number of hydrogen-bond acceptors (Lipinski definition) is 2. The summed E-state index contributed by atoms with van der Waals surface area (Å²) in [6, 6.07) is 16.9. The lowest BCUT2D eigenvalue weighted by molar-refractivity contribution is 0.647. The molecular weight excluding hydrogens is 244 g/mol. The maximum Gasteiger partial charge on any atom is 0.0426 e. The molecule has 0 aliphatic carbocycles. The Morgan fingerprint density at radius 2 is 1.65 bits per heavy atom. The van der Waals surface area contributed by atoms with Gasteiger partial charge in [0.1, 0.15) is 0 Å². The number of anilines is 2. The van der Waals surface area contributed by atoms with E-state index in [0.29, 0.717) is 5.92 Å². The van der Waals surface area contributed by atoms with Crippen LogP contribution in [0.1, 0.15) is 25.0 Å². The normalized spacial score (nSPS) is 10.8. The van der Waals surface area contributed by atoms with Crippen molar-refractivity contribution in [2.75, 3.05) is 17.7 Å². The molecule has 0 amide bonds. The molecule has 0 fully saturated rings. The molecular formula is C18H24N2. The number of nitrogen functional groups attached to an aromatic ring is 1. The number of rotatable bonds is 5. The third-order valence-electron chi connectivity index (χ3n) is 3.40. The van der Waals surface area contributed by atoms with Crippen LogP contribution in [-0.4, -0.2) is 7.05 Å². The molecule has 106 valence electrons. The first-order chi connectivity index (χ1) is 9.54. The topological polar surface area (TPSA) is 29.3 Å². The van der Waals surface area contributed by atoms with Gasteiger partial charge in [-0.2, -0.15) is 0 Å². The number of hydrogen-bond donors (Lipinski definition) is 1. The van der Waals surface area contributed by atoms with E-state index in [2.05, 4.69) is 56.1 Å². The van der Waals surface area contributed by atoms with Crippen LogP contribution in [0.5, 0.6) is 0 Å². The van der Waals surface area contributed by atoms with Crippen molar-refractivity contribution in [2.24, 2.45) is 5.92 Å². The van der Waals surface area contributed by atoms with E-state index in [1.807, 2.05) is 18.2 Å². The Kier molecular flexibility index (Phi) is 4.67. The van der Waals surface area contributed by atoms with Crippen LogP contribution < -0.4 is 10.6 Å². The quantitative estimate of drug-likeness (QED) is 0.827. The zero-order valence-corrected chi connectivity index (χ0v) is 12.6. The van der Waals surface area contributed by atoms with Gasteiger partial charge < -0.3 is 10.6 Å². The molecule has 2 heteroatoms. The van der Waals surface area contributed by atoms with Crippen molar-refractivity contribution >= 4 is 11.4 Å². The molecule has 2 nitrogen and oxygen atoms in total. The second-order valence-corrected chi connectivity index (χ2v) is 5.87. The van der Waals surface area contributed by atoms with Gasteiger partial charge in [-0.15, -0.1) is 0 Å². The van der Waals surface area contributed by atoms with Gasteiger partial charge in [0.25, 0.3) is 0 Å². The molecule has 0 aromatic heterocycles. The Bertz CT molecular complexity index is 544. The molecule has 0 atom stereocenters. The fourth-order valence-electron chi connectivity index (χ4n) is 2.38. The Morgan fingerprint density at radius 3 is 2.25 bits per heavy atom. The van der Waals surface area contributed by atoms with Crippen LogP contribution in [0.4, 0.5) is 11.4 Å². The van der Waals surface area contributed by atoms with E-state index in [9.17, 15) is 0 Å². The minimum Gasteiger partial charge on any atom is -0.399 e. The van der Waals surface area contributed by atoms with Gasteiger partial charge in [-0.05, 0) is 41.7 Å². The van der Waals surface area contributed by atoms with Gasteiger partial charge in [-0.1, -0.05) is 44.2 Å². The SMILES string of the molecule is CC(C)Cc1ccc(CN(C)c2cccc(N)c2)cc1. The van der Waals surface area contributed by atoms with Crippen LogP contribution in [0.2, 0.25) is 0 Å². The third kappa shape index (κ3) is 4.02. The van der Waals surface area contributed by atoms with Crippen LogP contribution in [0.25, 0.3) is 0 Å². The molecule has 2 aromatic rings. The summed E-state index contributed by atoms with van der Waals surface area (Å²) in [5, 5.41) is 0. The summed E-state index contributed by atoms with van der Waals surface area (Å²) in [6.45, 7) is 5.40. The lowest BCUT2D eigenvalue weighted by atomic mass is 10.0. The van der Waals surface area contributed by atoms with E-state index >= 15 is 0 Å². The zero-order valence-electron chi connectivity index (χ0n) is 12.6. The van der Waals surface area contributed by atoms with E-state index in [1.165, 1.54) is 11.1 Å². The summed E-state index contributed by atoms with van der Waals surface area (Å²) in [5.41, 5.74) is 10.5. The highest BCUT2D eigenvalue weighted by molar-refractivity contribution is 5.55. The van der Waals surface area contributed by atoms with Crippen LogP contribution in [0.15, 0.2) is 48.5 Å². The van der Waals surface area contributed by atoms with Gasteiger partial charge in [0.2, 0.25) is 0 Å². The van der Waals surface area contributed by atoms with Crippen LogP contribution in [-0.2, 0) is 13.0 Å². The molecule has 0 radical (unpaired) electrons. The summed E-state index contributed by atoms with van der Waals surface area (Å²) in [6.07, 6.45) is 1.14. The monoisotopic (exact) mass is 268 g/mol. The maximum absolute atomic E-state index is 5.83. The Morgan fingerprint density at radius 1 is 1.00 bits per heavy atom. The van der Waals surface area contributed by atoms with Gasteiger partial charge in [-0.3, -0.25) is 0 Å². The van der Waals surface area contributed by atoms with Gasteiger partial charge >= 0.3 is 0 Å². The van der Waals surface area contributed by atoms with Crippen molar-refractivity contribution in [1.29, 1.82) is 0 Å². The van der Waals surface area contributed by atoms with Crippen molar-refractivity contribution < 1.29 is 0 Å². The van der Waals surface area contributed by atoms with Crippen molar-refractivity contribution in [1.82, 2.24) is 0 Å². The summed E-state index contributed by atoms with van der Waals surface area (Å²) in [5.74, 6) is 0.704. The molecule has 20 heavy (non-hydrogen) atoms. The Balaban J connectivity index is 2.02. The van der Waals surface area contributed by atoms with Gasteiger partial charge in [0.15, 0.2) is 0 Å². The molecule has 2 aromatic carbocycles. The van der Waals surface area contributed by atoms with Gasteiger partial charge in [-0.25, -0.2) is 0 Å². The molecule has 0 saturated carbocycles. The minimum atomic E-state index is 0.704. The standard InChI is InChI=1S/C18H24N2/c1-14(2)11-15-7-9-16(10-8-15)13-20(3)18-6-4-5-17(19)12-18/h4-10,12,14H,11,13,19H2,1-3H3. The molecule has 2 N–H and O–H groups in total. The molecule has 0 aliphatic rings. The summed E-state index contributed by atoms with van der Waals surface area (Å²) in [4.78, 5) is 2.22. The summed E-state index contributed by atoms with van der Waals surface area (Å²) < 4.78 is 0. The van der Waals surface area contributed by atoms with Crippen LogP contribution in [0.3, 0.4) is 0 Å². The first kappa shape index (κ1) is 14.4. The van der Waals surface area contributed by atoms with Crippen LogP contribution in [0, 0.1) is 5.92 Å². The lowest BCUT2D eigenvalue weighted by Gasteiger charge is -2.20. The lowest BCUT2D eigenvalue weighted by Crippen LogP contribution is -2.16. The number of nitrogens with zero attached hydrogens (tertiary/aromatic N) is 1. The Hall–Kier alpha value is -1.96. The predicted molar refractivity (Wildman–Crippen MR) is 87.9 cm³/mol. The largest absolute Gasteiger partial charge is 0.399 e. The molecule has 2 rings (SSSR count). The summed E-state index contributed by atoms with van der Waals surface area (Å²) >= 11 is 0. The second kappa shape index (κ2) is 6.47. The number of benzene rings is 2. The van der Waals surface area contributed by atoms with Gasteiger partial charge in [0.05, 0.1) is 0 Å². The third-order valence-corrected chi connectivity index (χ3v) is 3.40. The van der Waals surface area contributed by atoms with E-state index in [0.717, 1.165) is 24.3 Å². The second-order valence-electron chi connectivity index (χ2n) is 5.87. The molecule has 0 unspecified atom stereocenters. The smallest absolute Gasteiger partial charge is 0.0426 e. The zero-order chi connectivity index (χ0) is 14.5. The van der Waals surface area contributed by atoms with Crippen molar-refractivity contribution in [3.05, 3.63) is 59.7 Å². The Labute approximate surface area is 122 Å². The fourth-order valence-corrected chi connectivity index (χ4v) is 2.38. The van der Waals surface area contributed by atoms with Crippen LogP contribution >= 0.6 is 0 Å². The van der Waals surface area contributed by atoms with Gasteiger partial charge in [0, 0.05) is 25.0 Å². The fraction of sp³-hybridized carbons (Fsp3) is 0.333. The molecule has 0 heterocycles. The van der Waals surface area contributed by atoms with E-state index in [-0.39, 0.29) is 0 Å². The minimum absolute atomic E-state index is 0.704. The average Bonchev–Trinajstić information content (AvgIpc) is 2.40. The molecule has 0 spiro atoms. The summed E-state index contributed by atoms with van der Waals surface area (Å²) in [7, 11) is 2.09. The van der Waals surface area contributed by atoms with E-state index < -0.39 is 0 Å². The highest BCUT2D eigenvalue weighted by Crippen LogP contribution is 2.19. The van der Waals surface area contributed by atoms with E-state index in [1.54, 1.807) is 0 Å². The predicted octanol–water partition coefficient (Wildman–Crippen LogP) is 4.10. The average molecular weight is 268 g/mol. The highest BCUT2D eigenvalue weighted by Gasteiger charge is 2.03. The number of nitrogens with two attached hydrogens (primary N) is 1. The highest BCUT2D eigenvalue weighted by atomic mass is 15.1. The first-order valence-corrected chi connectivity index (χ1v) is 7.19. The van der Waals surface area contributed by atoms with Crippen molar-refractivity contribution in [3.63, 3.8) is 0 Å². The van der Waals surface area contributed by atoms with Crippen molar-refractivity contribution in [3.8, 4) is 0 Å².